The van der Waals surface area contributed by atoms with Gasteiger partial charge in [0.05, 0.1) is 33.0 Å². The third kappa shape index (κ3) is 6.23. The molecule has 0 aromatic heterocycles. The summed E-state index contributed by atoms with van der Waals surface area (Å²) < 4.78 is 22.3. The molecule has 2 N–H and O–H groups in total. The molecule has 0 saturated heterocycles. The maximum absolute atomic E-state index is 14.0. The number of carbonyl (C=O) groups excluding carboxylic acids is 2. The largest absolute Gasteiger partial charge is 0.504 e. The zero-order valence-electron chi connectivity index (χ0n) is 24.9. The number of benzene rings is 3. The van der Waals surface area contributed by atoms with Gasteiger partial charge in [-0.3, -0.25) is 4.79 Å². The standard InChI is InChI=1S/C35H37NO7/c1-5-42-30-20-24(11-13-27(30)37)33-32(35(39)43-16-15-22-9-7-6-8-10-22)21(2)36-26-17-25(18-28(38)34(26)33)23-12-14-29(40-3)31(19-23)41-4/h6-14,19-20,25,33,36-37H,5,15-18H2,1-4H3/t25-,33-/m0/s1. The van der Waals surface area contributed by atoms with E-state index in [0.29, 0.717) is 59.1 Å². The van der Waals surface area contributed by atoms with Gasteiger partial charge in [0.2, 0.25) is 0 Å². The molecule has 8 nitrogen and oxygen atoms in total. The van der Waals surface area contributed by atoms with Gasteiger partial charge in [0.25, 0.3) is 0 Å². The van der Waals surface area contributed by atoms with Crippen molar-refractivity contribution in [2.75, 3.05) is 27.4 Å². The second-order valence-electron chi connectivity index (χ2n) is 10.7. The van der Waals surface area contributed by atoms with E-state index in [2.05, 4.69) is 5.32 Å². The summed E-state index contributed by atoms with van der Waals surface area (Å²) in [6, 6.07) is 20.5. The Morgan fingerprint density at radius 3 is 2.37 bits per heavy atom. The van der Waals surface area contributed by atoms with E-state index in [1.165, 1.54) is 6.07 Å². The minimum absolute atomic E-state index is 0.00934. The second kappa shape index (κ2) is 13.1. The fourth-order valence-electron chi connectivity index (χ4n) is 5.95. The van der Waals surface area contributed by atoms with E-state index in [1.807, 2.05) is 62.4 Å². The van der Waals surface area contributed by atoms with Crippen molar-refractivity contribution >= 4 is 11.8 Å². The normalized spacial score (nSPS) is 18.1. The molecule has 0 spiro atoms. The first-order chi connectivity index (χ1) is 20.8. The number of aromatic hydroxyl groups is 1. The molecule has 8 heteroatoms. The number of phenols is 1. The highest BCUT2D eigenvalue weighted by molar-refractivity contribution is 6.04. The molecule has 2 atom stereocenters. The number of Topliss-reactive ketones (excluding diaryl/α,β-unsaturated/α-hetero) is 1. The predicted octanol–water partition coefficient (Wildman–Crippen LogP) is 5.96. The van der Waals surface area contributed by atoms with Crippen LogP contribution in [0.1, 0.15) is 55.2 Å². The summed E-state index contributed by atoms with van der Waals surface area (Å²) in [6.07, 6.45) is 1.40. The number of methoxy groups -OCH3 is 2. The van der Waals surface area contributed by atoms with Crippen molar-refractivity contribution in [1.29, 1.82) is 0 Å². The monoisotopic (exact) mass is 583 g/mol. The Kier molecular flexibility index (Phi) is 9.04. The number of carbonyl (C=O) groups is 2. The van der Waals surface area contributed by atoms with Crippen LogP contribution in [0.3, 0.4) is 0 Å². The summed E-state index contributed by atoms with van der Waals surface area (Å²) in [4.78, 5) is 27.7. The highest BCUT2D eigenvalue weighted by Gasteiger charge is 2.41. The number of ketones is 1. The summed E-state index contributed by atoms with van der Waals surface area (Å²) in [6.45, 7) is 4.22. The Hall–Kier alpha value is -4.72. The molecule has 0 fully saturated rings. The molecule has 0 amide bonds. The summed E-state index contributed by atoms with van der Waals surface area (Å²) in [5.74, 6) is 0.183. The Morgan fingerprint density at radius 1 is 0.930 bits per heavy atom. The van der Waals surface area contributed by atoms with Crippen molar-refractivity contribution in [2.24, 2.45) is 0 Å². The van der Waals surface area contributed by atoms with Crippen LogP contribution in [0.25, 0.3) is 0 Å². The quantitative estimate of drug-likeness (QED) is 0.282. The Labute approximate surface area is 251 Å². The van der Waals surface area contributed by atoms with Crippen molar-refractivity contribution in [2.45, 2.75) is 44.9 Å². The molecule has 1 heterocycles. The van der Waals surface area contributed by atoms with E-state index in [-0.39, 0.29) is 30.5 Å². The van der Waals surface area contributed by atoms with Crippen LogP contribution in [0, 0.1) is 0 Å². The van der Waals surface area contributed by atoms with Gasteiger partial charge in [-0.05, 0) is 67.1 Å². The Balaban J connectivity index is 1.50. The van der Waals surface area contributed by atoms with Crippen LogP contribution < -0.4 is 19.5 Å². The lowest BCUT2D eigenvalue weighted by atomic mass is 9.71. The van der Waals surface area contributed by atoms with Gasteiger partial charge in [-0.1, -0.05) is 42.5 Å². The molecule has 2 aliphatic rings. The van der Waals surface area contributed by atoms with E-state index >= 15 is 0 Å². The minimum atomic E-state index is -0.681. The number of allylic oxidation sites excluding steroid dienone is 3. The summed E-state index contributed by atoms with van der Waals surface area (Å²) in [5, 5.41) is 13.8. The average molecular weight is 584 g/mol. The number of dihydropyridines is 1. The van der Waals surface area contributed by atoms with Crippen LogP contribution >= 0.6 is 0 Å². The second-order valence-corrected chi connectivity index (χ2v) is 10.7. The number of nitrogens with one attached hydrogen (secondary N) is 1. The maximum atomic E-state index is 14.0. The zero-order valence-corrected chi connectivity index (χ0v) is 24.9. The fraction of sp³-hybridized carbons (Fsp3) is 0.314. The number of esters is 1. The van der Waals surface area contributed by atoms with Gasteiger partial charge in [-0.2, -0.15) is 0 Å². The zero-order chi connectivity index (χ0) is 30.5. The van der Waals surface area contributed by atoms with E-state index in [4.69, 9.17) is 18.9 Å². The van der Waals surface area contributed by atoms with Gasteiger partial charge in [0.15, 0.2) is 28.8 Å². The third-order valence-corrected chi connectivity index (χ3v) is 8.01. The first-order valence-electron chi connectivity index (χ1n) is 14.5. The smallest absolute Gasteiger partial charge is 0.336 e. The first-order valence-corrected chi connectivity index (χ1v) is 14.5. The summed E-state index contributed by atoms with van der Waals surface area (Å²) in [7, 11) is 3.18. The van der Waals surface area contributed by atoms with Crippen LogP contribution in [0.5, 0.6) is 23.0 Å². The van der Waals surface area contributed by atoms with Gasteiger partial charge in [-0.15, -0.1) is 0 Å². The van der Waals surface area contributed by atoms with Gasteiger partial charge in [-0.25, -0.2) is 4.79 Å². The van der Waals surface area contributed by atoms with Gasteiger partial charge in [0.1, 0.15) is 0 Å². The Bertz CT molecular complexity index is 1570. The predicted molar refractivity (Wildman–Crippen MR) is 163 cm³/mol. The summed E-state index contributed by atoms with van der Waals surface area (Å²) >= 11 is 0. The molecular weight excluding hydrogens is 546 g/mol. The molecule has 224 valence electrons. The first kappa shape index (κ1) is 29.8. The Morgan fingerprint density at radius 2 is 1.65 bits per heavy atom. The SMILES string of the molecule is CCOc1cc([C@H]2C(C(=O)OCCc3ccccc3)=C(C)NC3=C2C(=O)C[C@@H](c2ccc(OC)c(OC)c2)C3)ccc1O. The number of phenolic OH excluding ortho intramolecular Hbond substituents is 1. The molecule has 0 saturated carbocycles. The lowest BCUT2D eigenvalue weighted by molar-refractivity contribution is -0.139. The van der Waals surface area contributed by atoms with Crippen molar-refractivity contribution in [3.63, 3.8) is 0 Å². The van der Waals surface area contributed by atoms with Gasteiger partial charge >= 0.3 is 5.97 Å². The molecule has 3 aromatic rings. The topological polar surface area (TPSA) is 103 Å². The lowest BCUT2D eigenvalue weighted by Crippen LogP contribution is -2.36. The fourth-order valence-corrected chi connectivity index (χ4v) is 5.95. The average Bonchev–Trinajstić information content (AvgIpc) is 3.01. The van der Waals surface area contributed by atoms with Crippen molar-refractivity contribution in [3.8, 4) is 23.0 Å². The molecule has 0 unspecified atom stereocenters. The highest BCUT2D eigenvalue weighted by Crippen LogP contribution is 2.47. The molecule has 0 radical (unpaired) electrons. The van der Waals surface area contributed by atoms with Crippen LogP contribution in [-0.4, -0.2) is 44.3 Å². The van der Waals surface area contributed by atoms with Crippen LogP contribution in [0.15, 0.2) is 89.3 Å². The molecule has 1 aliphatic carbocycles. The maximum Gasteiger partial charge on any atom is 0.336 e. The van der Waals surface area contributed by atoms with E-state index in [0.717, 1.165) is 16.8 Å². The van der Waals surface area contributed by atoms with Crippen LogP contribution in [0.4, 0.5) is 0 Å². The molecule has 0 bridgehead atoms. The molecule has 1 aliphatic heterocycles. The molecule has 3 aromatic carbocycles. The van der Waals surface area contributed by atoms with E-state index in [9.17, 15) is 14.7 Å². The van der Waals surface area contributed by atoms with Crippen molar-refractivity contribution < 1.29 is 33.6 Å². The van der Waals surface area contributed by atoms with Gasteiger partial charge < -0.3 is 29.4 Å². The molecule has 43 heavy (non-hydrogen) atoms. The van der Waals surface area contributed by atoms with Crippen LogP contribution in [-0.2, 0) is 20.7 Å². The molecular formula is C35H37NO7. The third-order valence-electron chi connectivity index (χ3n) is 8.01. The number of ether oxygens (including phenoxy) is 4. The van der Waals surface area contributed by atoms with Crippen molar-refractivity contribution in [1.82, 2.24) is 5.32 Å². The number of rotatable bonds is 10. The van der Waals surface area contributed by atoms with Crippen molar-refractivity contribution in [3.05, 3.63) is 106 Å². The van der Waals surface area contributed by atoms with Crippen LogP contribution in [0.2, 0.25) is 0 Å². The number of hydrogen-bond donors (Lipinski definition) is 2. The molecule has 5 rings (SSSR count). The lowest BCUT2D eigenvalue weighted by Gasteiger charge is -2.37. The van der Waals surface area contributed by atoms with E-state index < -0.39 is 11.9 Å². The van der Waals surface area contributed by atoms with Gasteiger partial charge in [0, 0.05) is 35.7 Å². The minimum Gasteiger partial charge on any atom is -0.504 e. The number of hydrogen-bond acceptors (Lipinski definition) is 8. The summed E-state index contributed by atoms with van der Waals surface area (Å²) in [5.41, 5.74) is 5.00. The van der Waals surface area contributed by atoms with E-state index in [1.54, 1.807) is 26.4 Å². The highest BCUT2D eigenvalue weighted by atomic mass is 16.5.